The highest BCUT2D eigenvalue weighted by molar-refractivity contribution is 5.70. The van der Waals surface area contributed by atoms with Crippen molar-refractivity contribution >= 4 is 5.97 Å². The van der Waals surface area contributed by atoms with Crippen LogP contribution in [0.1, 0.15) is 31.4 Å². The second kappa shape index (κ2) is 8.67. The zero-order valence-electron chi connectivity index (χ0n) is 11.7. The SMILES string of the molecule is CC(C)NCCCOCc1ccccc1CC(=O)O. The topological polar surface area (TPSA) is 58.6 Å². The lowest BCUT2D eigenvalue weighted by molar-refractivity contribution is -0.136. The molecule has 0 aliphatic carbocycles. The van der Waals surface area contributed by atoms with E-state index in [1.807, 2.05) is 24.3 Å². The first-order valence-electron chi connectivity index (χ1n) is 6.69. The van der Waals surface area contributed by atoms with Gasteiger partial charge in [-0.3, -0.25) is 4.79 Å². The summed E-state index contributed by atoms with van der Waals surface area (Å²) in [6.45, 7) is 6.33. The number of hydrogen-bond acceptors (Lipinski definition) is 3. The number of nitrogens with one attached hydrogen (secondary N) is 1. The van der Waals surface area contributed by atoms with E-state index in [9.17, 15) is 4.79 Å². The van der Waals surface area contributed by atoms with E-state index < -0.39 is 5.97 Å². The molecule has 0 saturated heterocycles. The molecule has 4 nitrogen and oxygen atoms in total. The highest BCUT2D eigenvalue weighted by Gasteiger charge is 2.06. The molecule has 0 aliphatic heterocycles. The molecule has 0 aliphatic rings. The highest BCUT2D eigenvalue weighted by Crippen LogP contribution is 2.11. The van der Waals surface area contributed by atoms with Crippen LogP contribution in [0.15, 0.2) is 24.3 Å². The maximum atomic E-state index is 10.8. The van der Waals surface area contributed by atoms with Gasteiger partial charge >= 0.3 is 5.97 Å². The van der Waals surface area contributed by atoms with E-state index in [4.69, 9.17) is 9.84 Å². The van der Waals surface area contributed by atoms with Crippen LogP contribution in [-0.2, 0) is 22.6 Å². The van der Waals surface area contributed by atoms with Gasteiger partial charge in [-0.25, -0.2) is 0 Å². The molecule has 0 spiro atoms. The van der Waals surface area contributed by atoms with Gasteiger partial charge in [0, 0.05) is 12.6 Å². The Hall–Kier alpha value is -1.39. The van der Waals surface area contributed by atoms with Gasteiger partial charge in [0.15, 0.2) is 0 Å². The number of rotatable bonds is 9. The van der Waals surface area contributed by atoms with Crippen LogP contribution in [0.3, 0.4) is 0 Å². The van der Waals surface area contributed by atoms with E-state index >= 15 is 0 Å². The van der Waals surface area contributed by atoms with Crippen LogP contribution < -0.4 is 5.32 Å². The molecule has 2 N–H and O–H groups in total. The predicted octanol–water partition coefficient (Wildman–Crippen LogP) is 2.22. The molecule has 0 saturated carbocycles. The molecule has 1 aromatic rings. The lowest BCUT2D eigenvalue weighted by Crippen LogP contribution is -2.24. The number of carbonyl (C=O) groups is 1. The van der Waals surface area contributed by atoms with Crippen molar-refractivity contribution in [2.24, 2.45) is 0 Å². The molecule has 0 aromatic heterocycles. The third-order valence-corrected chi connectivity index (χ3v) is 2.74. The van der Waals surface area contributed by atoms with Crippen molar-refractivity contribution in [3.05, 3.63) is 35.4 Å². The van der Waals surface area contributed by atoms with Gasteiger partial charge in [0.1, 0.15) is 0 Å². The largest absolute Gasteiger partial charge is 0.481 e. The minimum absolute atomic E-state index is 0.0500. The molecule has 19 heavy (non-hydrogen) atoms. The van der Waals surface area contributed by atoms with Gasteiger partial charge in [-0.05, 0) is 24.1 Å². The van der Waals surface area contributed by atoms with Gasteiger partial charge in [-0.1, -0.05) is 38.1 Å². The van der Waals surface area contributed by atoms with Crippen LogP contribution in [0.25, 0.3) is 0 Å². The van der Waals surface area contributed by atoms with Crippen molar-refractivity contribution < 1.29 is 14.6 Å². The Kier molecular flexibility index (Phi) is 7.15. The smallest absolute Gasteiger partial charge is 0.307 e. The van der Waals surface area contributed by atoms with E-state index in [1.165, 1.54) is 0 Å². The molecule has 1 rings (SSSR count). The second-order valence-electron chi connectivity index (χ2n) is 4.85. The summed E-state index contributed by atoms with van der Waals surface area (Å²) in [6, 6.07) is 8.02. The maximum absolute atomic E-state index is 10.8. The van der Waals surface area contributed by atoms with Crippen LogP contribution >= 0.6 is 0 Å². The molecule has 0 atom stereocenters. The predicted molar refractivity (Wildman–Crippen MR) is 75.2 cm³/mol. The molecule has 0 amide bonds. The number of hydrogen-bond donors (Lipinski definition) is 2. The van der Waals surface area contributed by atoms with Crippen molar-refractivity contribution in [2.45, 2.75) is 39.3 Å². The van der Waals surface area contributed by atoms with Crippen LogP contribution in [0.5, 0.6) is 0 Å². The minimum Gasteiger partial charge on any atom is -0.481 e. The van der Waals surface area contributed by atoms with Crippen LogP contribution in [0.2, 0.25) is 0 Å². The summed E-state index contributed by atoms with van der Waals surface area (Å²) >= 11 is 0. The summed E-state index contributed by atoms with van der Waals surface area (Å²) in [7, 11) is 0. The Labute approximate surface area is 114 Å². The Balaban J connectivity index is 2.30. The summed E-state index contributed by atoms with van der Waals surface area (Å²) < 4.78 is 5.59. The van der Waals surface area contributed by atoms with Gasteiger partial charge in [-0.15, -0.1) is 0 Å². The summed E-state index contributed by atoms with van der Waals surface area (Å²) in [5.74, 6) is -0.811. The Morgan fingerprint density at radius 1 is 1.32 bits per heavy atom. The lowest BCUT2D eigenvalue weighted by atomic mass is 10.1. The third-order valence-electron chi connectivity index (χ3n) is 2.74. The molecule has 4 heteroatoms. The monoisotopic (exact) mass is 265 g/mol. The van der Waals surface area contributed by atoms with Crippen LogP contribution in [-0.4, -0.2) is 30.3 Å². The molecule has 0 heterocycles. The average Bonchev–Trinajstić information content (AvgIpc) is 2.34. The number of carboxylic acid groups (broad SMARTS) is 1. The van der Waals surface area contributed by atoms with Gasteiger partial charge in [-0.2, -0.15) is 0 Å². The van der Waals surface area contributed by atoms with E-state index in [2.05, 4.69) is 19.2 Å². The fourth-order valence-electron chi connectivity index (χ4n) is 1.78. The Morgan fingerprint density at radius 3 is 2.63 bits per heavy atom. The van der Waals surface area contributed by atoms with Gasteiger partial charge in [0.2, 0.25) is 0 Å². The first kappa shape index (κ1) is 15.7. The quantitative estimate of drug-likeness (QED) is 0.672. The minimum atomic E-state index is -0.811. The fourth-order valence-corrected chi connectivity index (χ4v) is 1.78. The van der Waals surface area contributed by atoms with Gasteiger partial charge in [0.25, 0.3) is 0 Å². The van der Waals surface area contributed by atoms with Crippen molar-refractivity contribution in [2.75, 3.05) is 13.2 Å². The van der Waals surface area contributed by atoms with E-state index in [-0.39, 0.29) is 6.42 Å². The number of benzene rings is 1. The zero-order chi connectivity index (χ0) is 14.1. The number of aliphatic carboxylic acids is 1. The molecule has 0 bridgehead atoms. The summed E-state index contributed by atoms with van der Waals surface area (Å²) in [5, 5.41) is 12.2. The van der Waals surface area contributed by atoms with Crippen LogP contribution in [0.4, 0.5) is 0 Å². The van der Waals surface area contributed by atoms with Crippen LogP contribution in [0, 0.1) is 0 Å². The van der Waals surface area contributed by atoms with E-state index in [0.29, 0.717) is 19.3 Å². The van der Waals surface area contributed by atoms with Gasteiger partial charge < -0.3 is 15.2 Å². The molecular formula is C15H23NO3. The third kappa shape index (κ3) is 6.94. The standard InChI is InChI=1S/C15H23NO3/c1-12(2)16-8-5-9-19-11-14-7-4-3-6-13(14)10-15(17)18/h3-4,6-7,12,16H,5,8-11H2,1-2H3,(H,17,18). The first-order valence-corrected chi connectivity index (χ1v) is 6.69. The normalized spacial score (nSPS) is 10.9. The summed E-state index contributed by atoms with van der Waals surface area (Å²) in [6.07, 6.45) is 1.01. The molecule has 106 valence electrons. The molecular weight excluding hydrogens is 242 g/mol. The fraction of sp³-hybridized carbons (Fsp3) is 0.533. The lowest BCUT2D eigenvalue weighted by Gasteiger charge is -2.10. The number of ether oxygens (including phenoxy) is 1. The second-order valence-corrected chi connectivity index (χ2v) is 4.85. The Bertz CT molecular complexity index is 391. The van der Waals surface area contributed by atoms with Gasteiger partial charge in [0.05, 0.1) is 13.0 Å². The average molecular weight is 265 g/mol. The van der Waals surface area contributed by atoms with Crippen molar-refractivity contribution in [1.82, 2.24) is 5.32 Å². The van der Waals surface area contributed by atoms with Crippen molar-refractivity contribution in [3.63, 3.8) is 0 Å². The summed E-state index contributed by atoms with van der Waals surface area (Å²) in [5.41, 5.74) is 1.79. The van der Waals surface area contributed by atoms with E-state index in [0.717, 1.165) is 24.1 Å². The Morgan fingerprint density at radius 2 is 2.00 bits per heavy atom. The maximum Gasteiger partial charge on any atom is 0.307 e. The molecule has 0 radical (unpaired) electrons. The summed E-state index contributed by atoms with van der Waals surface area (Å²) in [4.78, 5) is 10.8. The van der Waals surface area contributed by atoms with Crippen molar-refractivity contribution in [3.8, 4) is 0 Å². The van der Waals surface area contributed by atoms with E-state index in [1.54, 1.807) is 0 Å². The number of carboxylic acids is 1. The molecule has 0 fully saturated rings. The first-order chi connectivity index (χ1) is 9.09. The molecule has 1 aromatic carbocycles. The van der Waals surface area contributed by atoms with Crippen molar-refractivity contribution in [1.29, 1.82) is 0 Å². The molecule has 0 unspecified atom stereocenters. The zero-order valence-corrected chi connectivity index (χ0v) is 11.7. The highest BCUT2D eigenvalue weighted by atomic mass is 16.5.